The van der Waals surface area contributed by atoms with Gasteiger partial charge >= 0.3 is 5.97 Å². The van der Waals surface area contributed by atoms with Crippen molar-refractivity contribution in [3.63, 3.8) is 0 Å². The van der Waals surface area contributed by atoms with Crippen LogP contribution in [0.15, 0.2) is 6.20 Å². The van der Waals surface area contributed by atoms with Crippen molar-refractivity contribution in [3.05, 3.63) is 23.3 Å². The summed E-state index contributed by atoms with van der Waals surface area (Å²) in [5, 5.41) is 0. The van der Waals surface area contributed by atoms with Gasteiger partial charge in [0, 0.05) is 13.3 Å². The Morgan fingerprint density at radius 2 is 2.12 bits per heavy atom. The number of aromatic nitrogens is 2. The lowest BCUT2D eigenvalue weighted by atomic mass is 10.1. The van der Waals surface area contributed by atoms with E-state index in [0.29, 0.717) is 23.7 Å². The number of nitrogens with zero attached hydrogens (tertiary/aromatic N) is 2. The molecule has 0 spiro atoms. The molecule has 0 radical (unpaired) electrons. The highest BCUT2D eigenvalue weighted by Crippen LogP contribution is 2.20. The standard InChI is InChI=1S/C12H18N2O3/c1-6-17-10(15)9-7-13-11(14-8(9)2)12(3,4)16-5/h7H,6H2,1-5H3. The van der Waals surface area contributed by atoms with E-state index in [0.717, 1.165) is 0 Å². The summed E-state index contributed by atoms with van der Waals surface area (Å²) in [6.07, 6.45) is 1.48. The number of ether oxygens (including phenoxy) is 2. The molecule has 0 aliphatic rings. The second-order valence-corrected chi connectivity index (χ2v) is 4.13. The van der Waals surface area contributed by atoms with Gasteiger partial charge in [0.2, 0.25) is 0 Å². The normalized spacial score (nSPS) is 11.4. The maximum absolute atomic E-state index is 11.6. The highest BCUT2D eigenvalue weighted by molar-refractivity contribution is 5.90. The molecule has 0 saturated carbocycles. The lowest BCUT2D eigenvalue weighted by molar-refractivity contribution is 0.0111. The van der Waals surface area contributed by atoms with Crippen molar-refractivity contribution in [2.45, 2.75) is 33.3 Å². The third-order valence-corrected chi connectivity index (χ3v) is 2.52. The van der Waals surface area contributed by atoms with Crippen molar-refractivity contribution < 1.29 is 14.3 Å². The summed E-state index contributed by atoms with van der Waals surface area (Å²) in [5.74, 6) is 0.150. The molecular formula is C12H18N2O3. The monoisotopic (exact) mass is 238 g/mol. The zero-order valence-corrected chi connectivity index (χ0v) is 10.9. The topological polar surface area (TPSA) is 61.3 Å². The summed E-state index contributed by atoms with van der Waals surface area (Å²) in [7, 11) is 1.60. The number of esters is 1. The summed E-state index contributed by atoms with van der Waals surface area (Å²) in [6.45, 7) is 7.58. The molecule has 0 aliphatic heterocycles. The highest BCUT2D eigenvalue weighted by Gasteiger charge is 2.24. The molecule has 5 nitrogen and oxygen atoms in total. The van der Waals surface area contributed by atoms with Gasteiger partial charge in [0.15, 0.2) is 5.82 Å². The Hall–Kier alpha value is -1.49. The van der Waals surface area contributed by atoms with Crippen molar-refractivity contribution in [1.29, 1.82) is 0 Å². The van der Waals surface area contributed by atoms with Crippen LogP contribution < -0.4 is 0 Å². The molecule has 0 aliphatic carbocycles. The molecule has 0 amide bonds. The number of hydrogen-bond donors (Lipinski definition) is 0. The quantitative estimate of drug-likeness (QED) is 0.749. The SMILES string of the molecule is CCOC(=O)c1cnc(C(C)(C)OC)nc1C. The first kappa shape index (κ1) is 13.6. The van der Waals surface area contributed by atoms with Crippen LogP contribution in [0, 0.1) is 6.92 Å². The number of carbonyl (C=O) groups is 1. The number of hydrogen-bond acceptors (Lipinski definition) is 5. The van der Waals surface area contributed by atoms with Crippen molar-refractivity contribution in [3.8, 4) is 0 Å². The molecule has 5 heteroatoms. The Kier molecular flexibility index (Phi) is 4.17. The van der Waals surface area contributed by atoms with E-state index in [9.17, 15) is 4.79 Å². The van der Waals surface area contributed by atoms with E-state index in [1.165, 1.54) is 6.20 Å². The van der Waals surface area contributed by atoms with Crippen LogP contribution in [0.4, 0.5) is 0 Å². The Bertz CT molecular complexity index is 416. The van der Waals surface area contributed by atoms with E-state index >= 15 is 0 Å². The van der Waals surface area contributed by atoms with Gasteiger partial charge in [-0.1, -0.05) is 0 Å². The minimum atomic E-state index is -0.571. The zero-order chi connectivity index (χ0) is 13.1. The van der Waals surface area contributed by atoms with Crippen molar-refractivity contribution in [1.82, 2.24) is 9.97 Å². The highest BCUT2D eigenvalue weighted by atomic mass is 16.5. The average molecular weight is 238 g/mol. The first-order valence-corrected chi connectivity index (χ1v) is 5.48. The van der Waals surface area contributed by atoms with Crippen LogP contribution in [0.1, 0.15) is 42.6 Å². The molecule has 1 heterocycles. The molecule has 0 N–H and O–H groups in total. The Morgan fingerprint density at radius 1 is 1.47 bits per heavy atom. The van der Waals surface area contributed by atoms with Crippen LogP contribution in [0.3, 0.4) is 0 Å². The average Bonchev–Trinajstić information content (AvgIpc) is 2.29. The van der Waals surface area contributed by atoms with Crippen LogP contribution in [-0.2, 0) is 15.1 Å². The fourth-order valence-corrected chi connectivity index (χ4v) is 1.26. The van der Waals surface area contributed by atoms with E-state index in [1.54, 1.807) is 21.0 Å². The molecule has 0 aromatic carbocycles. The van der Waals surface area contributed by atoms with E-state index < -0.39 is 11.6 Å². The van der Waals surface area contributed by atoms with Crippen LogP contribution in [0.25, 0.3) is 0 Å². The third kappa shape index (κ3) is 3.00. The van der Waals surface area contributed by atoms with Gasteiger partial charge in [-0.05, 0) is 27.7 Å². The molecule has 94 valence electrons. The number of aryl methyl sites for hydroxylation is 1. The van der Waals surface area contributed by atoms with Crippen molar-refractivity contribution in [2.24, 2.45) is 0 Å². The predicted molar refractivity (Wildman–Crippen MR) is 62.8 cm³/mol. The zero-order valence-electron chi connectivity index (χ0n) is 10.9. The van der Waals surface area contributed by atoms with E-state index in [1.807, 2.05) is 13.8 Å². The summed E-state index contributed by atoms with van der Waals surface area (Å²) in [5.41, 5.74) is 0.416. The first-order valence-electron chi connectivity index (χ1n) is 5.48. The van der Waals surface area contributed by atoms with Gasteiger partial charge in [-0.25, -0.2) is 14.8 Å². The van der Waals surface area contributed by atoms with Gasteiger partial charge in [-0.15, -0.1) is 0 Å². The summed E-state index contributed by atoms with van der Waals surface area (Å²) in [6, 6.07) is 0. The minimum absolute atomic E-state index is 0.337. The molecule has 1 aromatic rings. The van der Waals surface area contributed by atoms with Gasteiger partial charge < -0.3 is 9.47 Å². The lowest BCUT2D eigenvalue weighted by Crippen LogP contribution is -2.24. The van der Waals surface area contributed by atoms with Crippen LogP contribution in [-0.4, -0.2) is 29.7 Å². The minimum Gasteiger partial charge on any atom is -0.462 e. The molecule has 0 atom stereocenters. The molecule has 1 rings (SSSR count). The predicted octanol–water partition coefficient (Wildman–Crippen LogP) is 1.84. The molecule has 0 fully saturated rings. The smallest absolute Gasteiger partial charge is 0.341 e. The maximum atomic E-state index is 11.6. The van der Waals surface area contributed by atoms with E-state index in [2.05, 4.69) is 9.97 Å². The van der Waals surface area contributed by atoms with E-state index in [4.69, 9.17) is 9.47 Å². The second kappa shape index (κ2) is 5.23. The molecule has 0 saturated heterocycles. The fourth-order valence-electron chi connectivity index (χ4n) is 1.26. The Balaban J connectivity index is 3.06. The largest absolute Gasteiger partial charge is 0.462 e. The number of methoxy groups -OCH3 is 1. The molecule has 1 aromatic heterocycles. The third-order valence-electron chi connectivity index (χ3n) is 2.52. The summed E-state index contributed by atoms with van der Waals surface area (Å²) in [4.78, 5) is 20.0. The fraction of sp³-hybridized carbons (Fsp3) is 0.583. The van der Waals surface area contributed by atoms with Gasteiger partial charge in [-0.3, -0.25) is 0 Å². The van der Waals surface area contributed by atoms with Crippen molar-refractivity contribution >= 4 is 5.97 Å². The molecule has 0 unspecified atom stereocenters. The number of carbonyl (C=O) groups excluding carboxylic acids is 1. The molecule has 17 heavy (non-hydrogen) atoms. The second-order valence-electron chi connectivity index (χ2n) is 4.13. The van der Waals surface area contributed by atoms with E-state index in [-0.39, 0.29) is 0 Å². The lowest BCUT2D eigenvalue weighted by Gasteiger charge is -2.21. The van der Waals surface area contributed by atoms with Crippen LogP contribution in [0.2, 0.25) is 0 Å². The first-order chi connectivity index (χ1) is 7.92. The van der Waals surface area contributed by atoms with Gasteiger partial charge in [0.25, 0.3) is 0 Å². The van der Waals surface area contributed by atoms with Gasteiger partial charge in [-0.2, -0.15) is 0 Å². The van der Waals surface area contributed by atoms with Crippen LogP contribution in [0.5, 0.6) is 0 Å². The van der Waals surface area contributed by atoms with Crippen LogP contribution >= 0.6 is 0 Å². The summed E-state index contributed by atoms with van der Waals surface area (Å²) >= 11 is 0. The van der Waals surface area contributed by atoms with Gasteiger partial charge in [0.05, 0.1) is 17.9 Å². The number of rotatable bonds is 4. The summed E-state index contributed by atoms with van der Waals surface area (Å²) < 4.78 is 10.2. The van der Waals surface area contributed by atoms with Gasteiger partial charge in [0.1, 0.15) is 5.60 Å². The molecule has 0 bridgehead atoms. The van der Waals surface area contributed by atoms with Crippen molar-refractivity contribution in [2.75, 3.05) is 13.7 Å². The maximum Gasteiger partial charge on any atom is 0.341 e. The Labute approximate surface area is 101 Å². The molecular weight excluding hydrogens is 220 g/mol. The Morgan fingerprint density at radius 3 is 2.59 bits per heavy atom.